The minimum atomic E-state index is -0.289. The molecule has 4 rings (SSSR count). The molecule has 0 aliphatic carbocycles. The summed E-state index contributed by atoms with van der Waals surface area (Å²) in [7, 11) is 0. The predicted octanol–water partition coefficient (Wildman–Crippen LogP) is 3.26. The van der Waals surface area contributed by atoms with Gasteiger partial charge in [0, 0.05) is 25.5 Å². The highest BCUT2D eigenvalue weighted by Crippen LogP contribution is 2.34. The molecule has 3 heterocycles. The van der Waals surface area contributed by atoms with E-state index in [9.17, 15) is 9.59 Å². The lowest BCUT2D eigenvalue weighted by atomic mass is 10.0. The van der Waals surface area contributed by atoms with Crippen LogP contribution in [0.3, 0.4) is 0 Å². The van der Waals surface area contributed by atoms with Gasteiger partial charge in [-0.05, 0) is 49.6 Å². The van der Waals surface area contributed by atoms with Gasteiger partial charge >= 0.3 is 0 Å². The van der Waals surface area contributed by atoms with Gasteiger partial charge in [0.05, 0.1) is 30.9 Å². The van der Waals surface area contributed by atoms with E-state index in [0.29, 0.717) is 36.5 Å². The number of carbonyl (C=O) groups is 2. The number of amides is 2. The molecule has 2 aliphatic heterocycles. The Morgan fingerprint density at radius 1 is 1.06 bits per heavy atom. The third-order valence-electron chi connectivity index (χ3n) is 5.56. The van der Waals surface area contributed by atoms with Crippen molar-refractivity contribution in [1.29, 1.82) is 0 Å². The summed E-state index contributed by atoms with van der Waals surface area (Å²) in [5.74, 6) is 0.180. The van der Waals surface area contributed by atoms with Crippen LogP contribution in [0.4, 0.5) is 0 Å². The quantitative estimate of drug-likeness (QED) is 0.622. The molecule has 2 aromatic rings. The van der Waals surface area contributed by atoms with Gasteiger partial charge in [-0.1, -0.05) is 25.1 Å². The monoisotopic (exact) mass is 435 g/mol. The number of benzene rings is 1. The summed E-state index contributed by atoms with van der Waals surface area (Å²) in [5.41, 5.74) is 2.40. The Balaban J connectivity index is 1.70. The van der Waals surface area contributed by atoms with Gasteiger partial charge in [0.25, 0.3) is 11.8 Å². The SMILES string of the molecule is CCCOc1ccc(C2=C(N3CC(C)OC(C)C3)C(=O)N(Cc3cccnc3)C2=O)cc1. The fourth-order valence-corrected chi connectivity index (χ4v) is 4.23. The molecule has 0 radical (unpaired) electrons. The van der Waals surface area contributed by atoms with E-state index in [1.54, 1.807) is 18.5 Å². The largest absolute Gasteiger partial charge is 0.494 e. The zero-order valence-corrected chi connectivity index (χ0v) is 18.8. The molecule has 32 heavy (non-hydrogen) atoms. The lowest BCUT2D eigenvalue weighted by Gasteiger charge is -2.37. The second kappa shape index (κ2) is 9.53. The molecule has 1 aromatic heterocycles. The van der Waals surface area contributed by atoms with E-state index in [0.717, 1.165) is 17.7 Å². The van der Waals surface area contributed by atoms with Gasteiger partial charge in [0.15, 0.2) is 0 Å². The van der Waals surface area contributed by atoms with E-state index < -0.39 is 0 Å². The minimum absolute atomic E-state index is 0.0346. The second-order valence-electron chi connectivity index (χ2n) is 8.32. The van der Waals surface area contributed by atoms with Crippen molar-refractivity contribution >= 4 is 17.4 Å². The molecule has 0 N–H and O–H groups in total. The van der Waals surface area contributed by atoms with Gasteiger partial charge in [-0.25, -0.2) is 0 Å². The van der Waals surface area contributed by atoms with E-state index in [1.807, 2.05) is 49.1 Å². The Hall–Kier alpha value is -3.19. The maximum absolute atomic E-state index is 13.5. The minimum Gasteiger partial charge on any atom is -0.494 e. The van der Waals surface area contributed by atoms with E-state index in [-0.39, 0.29) is 30.6 Å². The van der Waals surface area contributed by atoms with E-state index in [4.69, 9.17) is 9.47 Å². The maximum Gasteiger partial charge on any atom is 0.278 e. The average molecular weight is 436 g/mol. The van der Waals surface area contributed by atoms with Crippen LogP contribution < -0.4 is 4.74 Å². The number of ether oxygens (including phenoxy) is 2. The molecule has 2 amide bonds. The highest BCUT2D eigenvalue weighted by Gasteiger charge is 2.43. The average Bonchev–Trinajstić information content (AvgIpc) is 3.03. The predicted molar refractivity (Wildman–Crippen MR) is 121 cm³/mol. The van der Waals surface area contributed by atoms with Crippen molar-refractivity contribution in [3.05, 3.63) is 65.6 Å². The van der Waals surface area contributed by atoms with Crippen LogP contribution in [-0.4, -0.2) is 58.5 Å². The van der Waals surface area contributed by atoms with Crippen molar-refractivity contribution in [1.82, 2.24) is 14.8 Å². The zero-order valence-electron chi connectivity index (χ0n) is 18.8. The first-order chi connectivity index (χ1) is 15.5. The van der Waals surface area contributed by atoms with Crippen molar-refractivity contribution in [2.75, 3.05) is 19.7 Å². The van der Waals surface area contributed by atoms with E-state index in [2.05, 4.69) is 11.9 Å². The molecule has 1 fully saturated rings. The number of carbonyl (C=O) groups excluding carboxylic acids is 2. The number of aromatic nitrogens is 1. The number of pyridine rings is 1. The normalized spacial score (nSPS) is 21.5. The molecule has 1 aromatic carbocycles. The topological polar surface area (TPSA) is 72.0 Å². The van der Waals surface area contributed by atoms with Crippen molar-refractivity contribution < 1.29 is 19.1 Å². The molecule has 0 saturated carbocycles. The number of hydrogen-bond donors (Lipinski definition) is 0. The summed E-state index contributed by atoms with van der Waals surface area (Å²) < 4.78 is 11.5. The first kappa shape index (κ1) is 22.0. The molecule has 7 heteroatoms. The van der Waals surface area contributed by atoms with Crippen molar-refractivity contribution in [3.63, 3.8) is 0 Å². The Bertz CT molecular complexity index is 994. The summed E-state index contributed by atoms with van der Waals surface area (Å²) in [6.45, 7) is 7.95. The highest BCUT2D eigenvalue weighted by atomic mass is 16.5. The van der Waals surface area contributed by atoms with Gasteiger partial charge in [-0.3, -0.25) is 19.5 Å². The first-order valence-electron chi connectivity index (χ1n) is 11.1. The molecule has 0 bridgehead atoms. The van der Waals surface area contributed by atoms with Crippen LogP contribution >= 0.6 is 0 Å². The van der Waals surface area contributed by atoms with Gasteiger partial charge in [0.1, 0.15) is 11.4 Å². The number of imide groups is 1. The highest BCUT2D eigenvalue weighted by molar-refractivity contribution is 6.35. The molecule has 0 spiro atoms. The summed E-state index contributed by atoms with van der Waals surface area (Å²) in [5, 5.41) is 0. The van der Waals surface area contributed by atoms with Crippen LogP contribution in [0, 0.1) is 0 Å². The molecule has 7 nitrogen and oxygen atoms in total. The van der Waals surface area contributed by atoms with Crippen LogP contribution in [0.5, 0.6) is 5.75 Å². The zero-order chi connectivity index (χ0) is 22.7. The third kappa shape index (κ3) is 4.53. The molecule has 168 valence electrons. The number of morpholine rings is 1. The molecule has 2 unspecified atom stereocenters. The van der Waals surface area contributed by atoms with Crippen LogP contribution in [0.25, 0.3) is 5.57 Å². The van der Waals surface area contributed by atoms with E-state index in [1.165, 1.54) is 4.90 Å². The van der Waals surface area contributed by atoms with Crippen molar-refractivity contribution in [2.45, 2.75) is 45.9 Å². The molecule has 2 aliphatic rings. The van der Waals surface area contributed by atoms with Gasteiger partial charge in [0.2, 0.25) is 0 Å². The number of hydrogen-bond acceptors (Lipinski definition) is 6. The standard InChI is InChI=1S/C25H29N3O4/c1-4-12-31-21-9-7-20(8-10-21)22-23(27-14-17(2)32-18(3)15-27)25(30)28(24(22)29)16-19-6-5-11-26-13-19/h5-11,13,17-18H,4,12,14-16H2,1-3H3. The fraction of sp³-hybridized carbons (Fsp3) is 0.400. The van der Waals surface area contributed by atoms with Gasteiger partial charge in [-0.2, -0.15) is 0 Å². The van der Waals surface area contributed by atoms with Crippen LogP contribution in [0.1, 0.15) is 38.3 Å². The fourth-order valence-electron chi connectivity index (χ4n) is 4.23. The number of nitrogens with zero attached hydrogens (tertiary/aromatic N) is 3. The Kier molecular flexibility index (Phi) is 6.55. The molecular formula is C25H29N3O4. The lowest BCUT2D eigenvalue weighted by molar-refractivity contribution is -0.139. The summed E-state index contributed by atoms with van der Waals surface area (Å²) in [4.78, 5) is 34.5. The van der Waals surface area contributed by atoms with Crippen LogP contribution in [0.2, 0.25) is 0 Å². The molecular weight excluding hydrogens is 406 g/mol. The Labute approximate surface area is 188 Å². The van der Waals surface area contributed by atoms with Crippen LogP contribution in [0.15, 0.2) is 54.5 Å². The summed E-state index contributed by atoms with van der Waals surface area (Å²) in [6, 6.07) is 11.1. The smallest absolute Gasteiger partial charge is 0.278 e. The molecule has 1 saturated heterocycles. The van der Waals surface area contributed by atoms with Gasteiger partial charge < -0.3 is 14.4 Å². The maximum atomic E-state index is 13.5. The Morgan fingerprint density at radius 3 is 2.41 bits per heavy atom. The first-order valence-corrected chi connectivity index (χ1v) is 11.1. The van der Waals surface area contributed by atoms with Crippen molar-refractivity contribution in [2.24, 2.45) is 0 Å². The second-order valence-corrected chi connectivity index (χ2v) is 8.32. The summed E-state index contributed by atoms with van der Waals surface area (Å²) >= 11 is 0. The number of rotatable bonds is 7. The van der Waals surface area contributed by atoms with Gasteiger partial charge in [-0.15, -0.1) is 0 Å². The van der Waals surface area contributed by atoms with E-state index >= 15 is 0 Å². The Morgan fingerprint density at radius 2 is 1.78 bits per heavy atom. The molecule has 2 atom stereocenters. The lowest BCUT2D eigenvalue weighted by Crippen LogP contribution is -2.46. The van der Waals surface area contributed by atoms with Crippen molar-refractivity contribution in [3.8, 4) is 5.75 Å². The third-order valence-corrected chi connectivity index (χ3v) is 5.56. The summed E-state index contributed by atoms with van der Waals surface area (Å²) in [6.07, 6.45) is 4.20. The van der Waals surface area contributed by atoms with Crippen LogP contribution in [-0.2, 0) is 20.9 Å².